The molecule has 1 amide bonds. The first-order valence-electron chi connectivity index (χ1n) is 13.7. The molecule has 0 radical (unpaired) electrons. The number of halogens is 2. The Bertz CT molecular complexity index is 1590. The van der Waals surface area contributed by atoms with Crippen molar-refractivity contribution in [3.05, 3.63) is 71.6 Å². The molecular formula is C30H30F2N6O3. The molecule has 0 unspecified atom stereocenters. The van der Waals surface area contributed by atoms with Gasteiger partial charge in [-0.2, -0.15) is 0 Å². The van der Waals surface area contributed by atoms with Crippen LogP contribution in [0.1, 0.15) is 29.9 Å². The normalized spacial score (nSPS) is 16.3. The molecule has 0 spiro atoms. The van der Waals surface area contributed by atoms with E-state index in [-0.39, 0.29) is 16.8 Å². The summed E-state index contributed by atoms with van der Waals surface area (Å²) in [5.41, 5.74) is 4.07. The predicted molar refractivity (Wildman–Crippen MR) is 152 cm³/mol. The third-order valence-corrected chi connectivity index (χ3v) is 7.87. The SMILES string of the molecule is Cc1c(-c2ccccn2)nc2cc(F)cc(F)c2c1Nc1cc(N2CCOCC2)ncc1C1CCN(C(=O)O)CC1. The molecule has 2 aliphatic heterocycles. The summed E-state index contributed by atoms with van der Waals surface area (Å²) in [7, 11) is 0. The molecule has 9 nitrogen and oxygen atoms in total. The molecule has 6 rings (SSSR count). The van der Waals surface area contributed by atoms with Crippen molar-refractivity contribution in [3.8, 4) is 11.4 Å². The van der Waals surface area contributed by atoms with Crippen molar-refractivity contribution in [3.63, 3.8) is 0 Å². The van der Waals surface area contributed by atoms with Gasteiger partial charge in [0.15, 0.2) is 0 Å². The maximum Gasteiger partial charge on any atom is 0.407 e. The molecule has 212 valence electrons. The number of aromatic nitrogens is 3. The number of nitrogens with one attached hydrogen (secondary N) is 1. The summed E-state index contributed by atoms with van der Waals surface area (Å²) >= 11 is 0. The Balaban J connectivity index is 1.49. The zero-order chi connectivity index (χ0) is 28.5. The van der Waals surface area contributed by atoms with Crippen molar-refractivity contribution in [1.29, 1.82) is 0 Å². The van der Waals surface area contributed by atoms with E-state index in [9.17, 15) is 14.3 Å². The number of morpholine rings is 1. The zero-order valence-electron chi connectivity index (χ0n) is 22.6. The second-order valence-electron chi connectivity index (χ2n) is 10.4. The Morgan fingerprint density at radius 2 is 1.85 bits per heavy atom. The van der Waals surface area contributed by atoms with Gasteiger partial charge in [0.2, 0.25) is 0 Å². The molecule has 1 aromatic carbocycles. The first kappa shape index (κ1) is 26.8. The lowest BCUT2D eigenvalue weighted by Gasteiger charge is -2.32. The highest BCUT2D eigenvalue weighted by Crippen LogP contribution is 2.40. The zero-order valence-corrected chi connectivity index (χ0v) is 22.6. The van der Waals surface area contributed by atoms with Crippen molar-refractivity contribution < 1.29 is 23.4 Å². The van der Waals surface area contributed by atoms with Crippen molar-refractivity contribution in [2.45, 2.75) is 25.7 Å². The molecular weight excluding hydrogens is 530 g/mol. The van der Waals surface area contributed by atoms with Gasteiger partial charge in [-0.15, -0.1) is 0 Å². The van der Waals surface area contributed by atoms with E-state index < -0.39 is 17.7 Å². The van der Waals surface area contributed by atoms with Crippen LogP contribution in [-0.4, -0.2) is 70.4 Å². The summed E-state index contributed by atoms with van der Waals surface area (Å²) < 4.78 is 35.3. The number of likely N-dealkylation sites (tertiary alicyclic amines) is 1. The van der Waals surface area contributed by atoms with Gasteiger partial charge < -0.3 is 25.0 Å². The summed E-state index contributed by atoms with van der Waals surface area (Å²) in [4.78, 5) is 28.9. The van der Waals surface area contributed by atoms with E-state index in [1.807, 2.05) is 31.3 Å². The number of benzene rings is 1. The van der Waals surface area contributed by atoms with Crippen LogP contribution in [0.25, 0.3) is 22.3 Å². The van der Waals surface area contributed by atoms with Crippen LogP contribution in [0.5, 0.6) is 0 Å². The minimum Gasteiger partial charge on any atom is -0.465 e. The van der Waals surface area contributed by atoms with Gasteiger partial charge >= 0.3 is 6.09 Å². The van der Waals surface area contributed by atoms with Crippen LogP contribution in [0.3, 0.4) is 0 Å². The smallest absolute Gasteiger partial charge is 0.407 e. The third kappa shape index (κ3) is 5.37. The lowest BCUT2D eigenvalue weighted by Crippen LogP contribution is -2.37. The number of hydrogen-bond donors (Lipinski definition) is 2. The molecule has 4 aromatic rings. The molecule has 2 aliphatic rings. The maximum atomic E-state index is 15.4. The van der Waals surface area contributed by atoms with Gasteiger partial charge in [-0.1, -0.05) is 6.07 Å². The maximum absolute atomic E-state index is 15.4. The summed E-state index contributed by atoms with van der Waals surface area (Å²) in [6, 6.07) is 9.49. The second-order valence-corrected chi connectivity index (χ2v) is 10.4. The van der Waals surface area contributed by atoms with Gasteiger partial charge in [0.05, 0.1) is 41.2 Å². The van der Waals surface area contributed by atoms with E-state index in [1.54, 1.807) is 12.3 Å². The number of fused-ring (bicyclic) bond motifs is 1. The van der Waals surface area contributed by atoms with Gasteiger partial charge in [0.25, 0.3) is 0 Å². The molecule has 0 saturated carbocycles. The quantitative estimate of drug-likeness (QED) is 0.320. The minimum absolute atomic E-state index is 0.0466. The van der Waals surface area contributed by atoms with Crippen LogP contribution in [0.15, 0.2) is 48.8 Å². The number of carboxylic acid groups (broad SMARTS) is 1. The highest BCUT2D eigenvalue weighted by molar-refractivity contribution is 5.98. The minimum atomic E-state index is -0.925. The number of ether oxygens (including phenoxy) is 1. The fraction of sp³-hybridized carbons (Fsp3) is 0.333. The molecule has 5 heterocycles. The Morgan fingerprint density at radius 3 is 2.56 bits per heavy atom. The molecule has 11 heteroatoms. The van der Waals surface area contributed by atoms with Gasteiger partial charge in [-0.05, 0) is 43.4 Å². The van der Waals surface area contributed by atoms with Gasteiger partial charge in [-0.25, -0.2) is 23.5 Å². The fourth-order valence-electron chi connectivity index (χ4n) is 5.68. The standard InChI is InChI=1S/C30H30F2N6O3/c1-18-28(23-4-2-3-7-33-23)36-25-15-20(31)14-22(32)27(25)29(18)35-24-16-26(37-10-12-41-13-11-37)34-17-21(24)19-5-8-38(9-6-19)30(39)40/h2-4,7,14-17,19H,5-6,8-13H2,1H3,(H,39,40)(H,34,35,36). The van der Waals surface area contributed by atoms with Crippen LogP contribution in [0.2, 0.25) is 0 Å². The van der Waals surface area contributed by atoms with Crippen LogP contribution in [-0.2, 0) is 4.74 Å². The molecule has 0 bridgehead atoms. The first-order valence-corrected chi connectivity index (χ1v) is 13.7. The molecule has 0 aliphatic carbocycles. The lowest BCUT2D eigenvalue weighted by atomic mass is 9.89. The van der Waals surface area contributed by atoms with Crippen molar-refractivity contribution >= 4 is 34.2 Å². The van der Waals surface area contributed by atoms with Gasteiger partial charge in [-0.3, -0.25) is 4.98 Å². The molecule has 41 heavy (non-hydrogen) atoms. The number of carbonyl (C=O) groups is 1. The summed E-state index contributed by atoms with van der Waals surface area (Å²) in [6.45, 7) is 5.25. The van der Waals surface area contributed by atoms with E-state index >= 15 is 4.39 Å². The Hall–Kier alpha value is -4.38. The lowest BCUT2D eigenvalue weighted by molar-refractivity contribution is 0.122. The molecule has 2 N–H and O–H groups in total. The number of anilines is 3. The Morgan fingerprint density at radius 1 is 1.07 bits per heavy atom. The molecule has 0 atom stereocenters. The number of hydrogen-bond acceptors (Lipinski definition) is 7. The fourth-order valence-corrected chi connectivity index (χ4v) is 5.68. The Kier molecular flexibility index (Phi) is 7.36. The Labute approximate surface area is 235 Å². The van der Waals surface area contributed by atoms with Gasteiger partial charge in [0.1, 0.15) is 17.5 Å². The number of pyridine rings is 3. The molecule has 2 saturated heterocycles. The van der Waals surface area contributed by atoms with Crippen LogP contribution >= 0.6 is 0 Å². The first-order chi connectivity index (χ1) is 19.9. The number of piperidine rings is 1. The average molecular weight is 561 g/mol. The number of nitrogens with zero attached hydrogens (tertiary/aromatic N) is 5. The summed E-state index contributed by atoms with van der Waals surface area (Å²) in [5.74, 6) is -0.626. The number of rotatable bonds is 5. The molecule has 3 aromatic heterocycles. The van der Waals surface area contributed by atoms with Crippen molar-refractivity contribution in [1.82, 2.24) is 19.9 Å². The summed E-state index contributed by atoms with van der Waals surface area (Å²) in [6.07, 6.45) is 3.83. The monoisotopic (exact) mass is 560 g/mol. The average Bonchev–Trinajstić information content (AvgIpc) is 2.99. The van der Waals surface area contributed by atoms with Crippen molar-refractivity contribution in [2.75, 3.05) is 49.6 Å². The second kappa shape index (κ2) is 11.2. The topological polar surface area (TPSA) is 104 Å². The highest BCUT2D eigenvalue weighted by atomic mass is 19.1. The number of amides is 1. The van der Waals surface area contributed by atoms with E-state index in [0.717, 1.165) is 23.1 Å². The van der Waals surface area contributed by atoms with Crippen molar-refractivity contribution in [2.24, 2.45) is 0 Å². The van der Waals surface area contributed by atoms with E-state index in [4.69, 9.17) is 9.72 Å². The van der Waals surface area contributed by atoms with E-state index in [2.05, 4.69) is 20.2 Å². The van der Waals surface area contributed by atoms with Crippen LogP contribution in [0.4, 0.5) is 30.8 Å². The van der Waals surface area contributed by atoms with Crippen LogP contribution < -0.4 is 10.2 Å². The summed E-state index contributed by atoms with van der Waals surface area (Å²) in [5, 5.41) is 13.1. The molecule has 2 fully saturated rings. The highest BCUT2D eigenvalue weighted by Gasteiger charge is 2.27. The van der Waals surface area contributed by atoms with E-state index in [1.165, 1.54) is 11.0 Å². The van der Waals surface area contributed by atoms with E-state index in [0.29, 0.717) is 74.9 Å². The van der Waals surface area contributed by atoms with Crippen LogP contribution in [0, 0.1) is 18.6 Å². The largest absolute Gasteiger partial charge is 0.465 e. The predicted octanol–water partition coefficient (Wildman–Crippen LogP) is 5.72. The van der Waals surface area contributed by atoms with Gasteiger partial charge in [0, 0.05) is 68.0 Å². The third-order valence-electron chi connectivity index (χ3n) is 7.87.